The molecule has 0 radical (unpaired) electrons. The fraction of sp³-hybridized carbons (Fsp3) is 0.333. The quantitative estimate of drug-likeness (QED) is 0.545. The Morgan fingerprint density at radius 3 is 2.59 bits per heavy atom. The molecule has 0 aliphatic carbocycles. The number of rotatable bonds is 8. The molecule has 8 heteroatoms. The number of fused-ring (bicyclic) bond motifs is 1. The van der Waals surface area contributed by atoms with E-state index < -0.39 is 9.84 Å². The summed E-state index contributed by atoms with van der Waals surface area (Å²) in [6.45, 7) is 2.64. The van der Waals surface area contributed by atoms with Crippen molar-refractivity contribution in [3.63, 3.8) is 0 Å². The Balaban J connectivity index is 1.70. The lowest BCUT2D eigenvalue weighted by molar-refractivity contribution is -0.118. The smallest absolute Gasteiger partial charge is 0.248 e. The molecule has 3 aromatic rings. The minimum atomic E-state index is -3.26. The van der Waals surface area contributed by atoms with Crippen LogP contribution >= 0.6 is 11.3 Å². The van der Waals surface area contributed by atoms with Crippen LogP contribution in [0.25, 0.3) is 10.2 Å². The lowest BCUT2D eigenvalue weighted by Crippen LogP contribution is -2.16. The molecule has 1 amide bonds. The van der Waals surface area contributed by atoms with E-state index in [0.717, 1.165) is 21.5 Å². The van der Waals surface area contributed by atoms with Gasteiger partial charge in [-0.2, -0.15) is 4.99 Å². The van der Waals surface area contributed by atoms with Gasteiger partial charge >= 0.3 is 0 Å². The van der Waals surface area contributed by atoms with Crippen LogP contribution in [-0.2, 0) is 26.9 Å². The number of hydrogen-bond donors (Lipinski definition) is 0. The predicted molar refractivity (Wildman–Crippen MR) is 116 cm³/mol. The molecular weight excluding hydrogens is 408 g/mol. The minimum absolute atomic E-state index is 0.00881. The van der Waals surface area contributed by atoms with Gasteiger partial charge in [-0.1, -0.05) is 47.7 Å². The second kappa shape index (κ2) is 9.37. The van der Waals surface area contributed by atoms with Gasteiger partial charge in [0.1, 0.15) is 11.3 Å². The molecule has 0 N–H and O–H groups in total. The zero-order valence-corrected chi connectivity index (χ0v) is 18.1. The molecule has 0 bridgehead atoms. The maximum Gasteiger partial charge on any atom is 0.248 e. The van der Waals surface area contributed by atoms with Gasteiger partial charge in [0.25, 0.3) is 0 Å². The highest BCUT2D eigenvalue weighted by Gasteiger charge is 2.14. The van der Waals surface area contributed by atoms with Gasteiger partial charge in [0.15, 0.2) is 14.6 Å². The maximum atomic E-state index is 12.4. The second-order valence-corrected chi connectivity index (χ2v) is 9.82. The first-order chi connectivity index (χ1) is 13.9. The summed E-state index contributed by atoms with van der Waals surface area (Å²) in [6, 6.07) is 14.8. The largest absolute Gasteiger partial charge is 0.495 e. The van der Waals surface area contributed by atoms with Crippen molar-refractivity contribution >= 4 is 37.3 Å². The van der Waals surface area contributed by atoms with Crippen LogP contribution in [0.1, 0.15) is 25.3 Å². The summed E-state index contributed by atoms with van der Waals surface area (Å²) in [6.07, 6.45) is 0.362. The maximum absolute atomic E-state index is 12.4. The van der Waals surface area contributed by atoms with Gasteiger partial charge < -0.3 is 9.30 Å². The average Bonchev–Trinajstić information content (AvgIpc) is 3.05. The first-order valence-corrected chi connectivity index (χ1v) is 12.1. The third-order valence-corrected chi connectivity index (χ3v) is 7.22. The molecular formula is C21H24N2O4S2. The van der Waals surface area contributed by atoms with Gasteiger partial charge in [-0.15, -0.1) is 0 Å². The lowest BCUT2D eigenvalue weighted by atomic mass is 10.2. The SMILES string of the molecule is CCn1c(=NC(=O)CCCS(=O)(=O)Cc2ccccc2)sc2cccc(OC)c21. The number of carbonyl (C=O) groups is 1. The van der Waals surface area contributed by atoms with E-state index >= 15 is 0 Å². The van der Waals surface area contributed by atoms with Gasteiger partial charge in [0.05, 0.1) is 23.3 Å². The van der Waals surface area contributed by atoms with E-state index in [4.69, 9.17) is 4.74 Å². The molecule has 3 rings (SSSR count). The summed E-state index contributed by atoms with van der Waals surface area (Å²) < 4.78 is 32.9. The van der Waals surface area contributed by atoms with Crippen molar-refractivity contribution in [1.29, 1.82) is 0 Å². The van der Waals surface area contributed by atoms with E-state index in [-0.39, 0.29) is 30.3 Å². The van der Waals surface area contributed by atoms with Crippen LogP contribution in [0.4, 0.5) is 0 Å². The molecule has 0 atom stereocenters. The Hall–Kier alpha value is -2.45. The molecule has 0 aliphatic heterocycles. The van der Waals surface area contributed by atoms with Crippen LogP contribution in [0, 0.1) is 0 Å². The van der Waals surface area contributed by atoms with E-state index in [2.05, 4.69) is 4.99 Å². The number of thiazole rings is 1. The summed E-state index contributed by atoms with van der Waals surface area (Å²) in [5.41, 5.74) is 1.67. The predicted octanol–water partition coefficient (Wildman–Crippen LogP) is 3.55. The Morgan fingerprint density at radius 1 is 1.14 bits per heavy atom. The first-order valence-electron chi connectivity index (χ1n) is 9.41. The molecule has 0 unspecified atom stereocenters. The molecule has 2 aromatic carbocycles. The molecule has 0 aliphatic rings. The Labute approximate surface area is 174 Å². The van der Waals surface area contributed by atoms with Crippen LogP contribution in [0.5, 0.6) is 5.75 Å². The Bertz CT molecular complexity index is 1160. The molecule has 1 aromatic heterocycles. The zero-order valence-electron chi connectivity index (χ0n) is 16.5. The van der Waals surface area contributed by atoms with Crippen LogP contribution in [0.15, 0.2) is 53.5 Å². The molecule has 0 saturated heterocycles. The number of sulfone groups is 1. The summed E-state index contributed by atoms with van der Waals surface area (Å²) in [4.78, 5) is 17.2. The number of carbonyl (C=O) groups excluding carboxylic acids is 1. The number of ether oxygens (including phenoxy) is 1. The van der Waals surface area contributed by atoms with Gasteiger partial charge in [-0.05, 0) is 31.0 Å². The second-order valence-electron chi connectivity index (χ2n) is 6.62. The third-order valence-electron chi connectivity index (χ3n) is 4.50. The Morgan fingerprint density at radius 2 is 1.90 bits per heavy atom. The molecule has 0 fully saturated rings. The van der Waals surface area contributed by atoms with Crippen molar-refractivity contribution in [2.45, 2.75) is 32.1 Å². The van der Waals surface area contributed by atoms with E-state index in [1.165, 1.54) is 11.3 Å². The van der Waals surface area contributed by atoms with Crippen molar-refractivity contribution in [2.24, 2.45) is 4.99 Å². The topological polar surface area (TPSA) is 77.7 Å². The highest BCUT2D eigenvalue weighted by atomic mass is 32.2. The minimum Gasteiger partial charge on any atom is -0.495 e. The number of hydrogen-bond acceptors (Lipinski definition) is 5. The fourth-order valence-corrected chi connectivity index (χ4v) is 5.70. The van der Waals surface area contributed by atoms with Crippen molar-refractivity contribution < 1.29 is 17.9 Å². The van der Waals surface area contributed by atoms with Crippen molar-refractivity contribution in [1.82, 2.24) is 4.57 Å². The summed E-state index contributed by atoms with van der Waals surface area (Å²) >= 11 is 1.42. The van der Waals surface area contributed by atoms with Crippen LogP contribution in [0.3, 0.4) is 0 Å². The molecule has 6 nitrogen and oxygen atoms in total. The summed E-state index contributed by atoms with van der Waals surface area (Å²) in [5, 5.41) is 0. The van der Waals surface area contributed by atoms with Gasteiger partial charge in [0.2, 0.25) is 5.91 Å². The fourth-order valence-electron chi connectivity index (χ4n) is 3.15. The number of aromatic nitrogens is 1. The van der Waals surface area contributed by atoms with Gasteiger partial charge in [0, 0.05) is 13.0 Å². The van der Waals surface area contributed by atoms with Crippen molar-refractivity contribution in [2.75, 3.05) is 12.9 Å². The van der Waals surface area contributed by atoms with Crippen molar-refractivity contribution in [3.8, 4) is 5.75 Å². The van der Waals surface area contributed by atoms with Crippen LogP contribution in [-0.4, -0.2) is 31.8 Å². The average molecular weight is 433 g/mol. The molecule has 1 heterocycles. The number of nitrogens with zero attached hydrogens (tertiary/aromatic N) is 2. The third kappa shape index (κ3) is 5.33. The summed E-state index contributed by atoms with van der Waals surface area (Å²) in [5.74, 6) is 0.386. The molecule has 29 heavy (non-hydrogen) atoms. The van der Waals surface area contributed by atoms with E-state index in [9.17, 15) is 13.2 Å². The van der Waals surface area contributed by atoms with E-state index in [1.807, 2.05) is 47.9 Å². The normalized spacial score (nSPS) is 12.4. The number of amides is 1. The lowest BCUT2D eigenvalue weighted by Gasteiger charge is -2.05. The first kappa shape index (κ1) is 21.3. The van der Waals surface area contributed by atoms with E-state index in [0.29, 0.717) is 11.3 Å². The molecule has 0 spiro atoms. The Kier molecular flexibility index (Phi) is 6.87. The number of methoxy groups -OCH3 is 1. The van der Waals surface area contributed by atoms with Crippen molar-refractivity contribution in [3.05, 3.63) is 58.9 Å². The van der Waals surface area contributed by atoms with E-state index in [1.54, 1.807) is 19.2 Å². The standard InChI is InChI=1S/C21H24N2O4S2/c1-3-23-20-17(27-2)11-7-12-18(20)28-21(23)22-19(24)13-8-14-29(25,26)15-16-9-5-4-6-10-16/h4-7,9-12H,3,8,13-15H2,1-2H3. The molecule has 0 saturated carbocycles. The van der Waals surface area contributed by atoms with Crippen LogP contribution < -0.4 is 9.54 Å². The van der Waals surface area contributed by atoms with Gasteiger partial charge in [-0.3, -0.25) is 4.79 Å². The zero-order chi connectivity index (χ0) is 20.9. The molecule has 154 valence electrons. The summed E-state index contributed by atoms with van der Waals surface area (Å²) in [7, 11) is -1.64. The number of benzene rings is 2. The number of aryl methyl sites for hydroxylation is 1. The highest BCUT2D eigenvalue weighted by molar-refractivity contribution is 7.90. The highest BCUT2D eigenvalue weighted by Crippen LogP contribution is 2.27. The number of para-hydroxylation sites is 1. The monoisotopic (exact) mass is 432 g/mol. The van der Waals surface area contributed by atoms with Crippen LogP contribution in [0.2, 0.25) is 0 Å². The van der Waals surface area contributed by atoms with Gasteiger partial charge in [-0.25, -0.2) is 8.42 Å².